The van der Waals surface area contributed by atoms with E-state index in [-0.39, 0.29) is 28.4 Å². The van der Waals surface area contributed by atoms with Crippen LogP contribution < -0.4 is 4.74 Å². The van der Waals surface area contributed by atoms with Crippen molar-refractivity contribution in [2.24, 2.45) is 0 Å². The topological polar surface area (TPSA) is 51.7 Å². The molecule has 0 radical (unpaired) electrons. The van der Waals surface area contributed by atoms with Gasteiger partial charge < -0.3 is 14.4 Å². The minimum Gasteiger partial charge on any atom is -0.467 e. The van der Waals surface area contributed by atoms with Crippen molar-refractivity contribution in [2.45, 2.75) is 19.1 Å². The van der Waals surface area contributed by atoms with Crippen molar-refractivity contribution in [3.05, 3.63) is 22.8 Å². The third kappa shape index (κ3) is 4.23. The van der Waals surface area contributed by atoms with Gasteiger partial charge in [0.15, 0.2) is 6.61 Å². The van der Waals surface area contributed by atoms with Gasteiger partial charge in [0, 0.05) is 12.7 Å². The number of hydrogen-bond acceptors (Lipinski definition) is 4. The van der Waals surface area contributed by atoms with E-state index in [1.54, 1.807) is 4.90 Å². The second kappa shape index (κ2) is 6.70. The first kappa shape index (κ1) is 16.8. The molecule has 5 nitrogen and oxygen atoms in total. The van der Waals surface area contributed by atoms with Crippen LogP contribution in [0.4, 0.5) is 13.2 Å². The maximum Gasteiger partial charge on any atom is 0.422 e. The van der Waals surface area contributed by atoms with Crippen molar-refractivity contribution in [1.29, 1.82) is 0 Å². The van der Waals surface area contributed by atoms with Crippen molar-refractivity contribution in [3.8, 4) is 5.88 Å². The SMILES string of the molecule is C[C@@H]1COCCN1C(=O)c1cnc(OCC(F)(F)F)c(Cl)c1. The van der Waals surface area contributed by atoms with E-state index in [0.717, 1.165) is 6.20 Å². The van der Waals surface area contributed by atoms with E-state index in [2.05, 4.69) is 9.72 Å². The number of ether oxygens (including phenoxy) is 2. The van der Waals surface area contributed by atoms with E-state index in [0.29, 0.717) is 19.8 Å². The summed E-state index contributed by atoms with van der Waals surface area (Å²) in [6, 6.07) is 1.16. The van der Waals surface area contributed by atoms with Gasteiger partial charge in [0.1, 0.15) is 5.02 Å². The summed E-state index contributed by atoms with van der Waals surface area (Å²) in [7, 11) is 0. The average Bonchev–Trinajstić information content (AvgIpc) is 2.45. The van der Waals surface area contributed by atoms with E-state index in [4.69, 9.17) is 16.3 Å². The molecule has 2 heterocycles. The fourth-order valence-electron chi connectivity index (χ4n) is 1.99. The lowest BCUT2D eigenvalue weighted by molar-refractivity contribution is -0.154. The molecular weight excluding hydrogens is 325 g/mol. The zero-order valence-electron chi connectivity index (χ0n) is 11.7. The molecule has 0 unspecified atom stereocenters. The van der Waals surface area contributed by atoms with E-state index in [9.17, 15) is 18.0 Å². The van der Waals surface area contributed by atoms with Gasteiger partial charge >= 0.3 is 6.18 Å². The standard InChI is InChI=1S/C13H14ClF3N2O3/c1-8-6-21-3-2-19(8)12(20)9-4-10(14)11(18-5-9)22-7-13(15,16)17/h4-5,8H,2-3,6-7H2,1H3/t8-/m1/s1. The van der Waals surface area contributed by atoms with Gasteiger partial charge in [-0.05, 0) is 13.0 Å². The summed E-state index contributed by atoms with van der Waals surface area (Å²) in [6.07, 6.45) is -3.33. The largest absolute Gasteiger partial charge is 0.467 e. The van der Waals surface area contributed by atoms with Gasteiger partial charge in [-0.25, -0.2) is 4.98 Å². The molecule has 1 atom stereocenters. The first-order chi connectivity index (χ1) is 10.3. The minimum atomic E-state index is -4.48. The van der Waals surface area contributed by atoms with Gasteiger partial charge in [0.2, 0.25) is 5.88 Å². The molecule has 0 aromatic carbocycles. The average molecular weight is 339 g/mol. The van der Waals surface area contributed by atoms with Crippen LogP contribution in [0.25, 0.3) is 0 Å². The molecule has 0 spiro atoms. The van der Waals surface area contributed by atoms with Crippen LogP contribution in [0.15, 0.2) is 12.3 Å². The Labute approximate surface area is 130 Å². The van der Waals surface area contributed by atoms with E-state index < -0.39 is 12.8 Å². The summed E-state index contributed by atoms with van der Waals surface area (Å²) < 4.78 is 46.0. The summed E-state index contributed by atoms with van der Waals surface area (Å²) in [6.45, 7) is 1.65. The molecule has 1 fully saturated rings. The smallest absolute Gasteiger partial charge is 0.422 e. The van der Waals surface area contributed by atoms with Crippen LogP contribution in [0.1, 0.15) is 17.3 Å². The molecule has 22 heavy (non-hydrogen) atoms. The Morgan fingerprint density at radius 3 is 2.91 bits per heavy atom. The Morgan fingerprint density at radius 1 is 1.59 bits per heavy atom. The normalized spacial score (nSPS) is 19.1. The lowest BCUT2D eigenvalue weighted by Gasteiger charge is -2.33. The molecule has 0 bridgehead atoms. The highest BCUT2D eigenvalue weighted by molar-refractivity contribution is 6.32. The van der Waals surface area contributed by atoms with Crippen molar-refractivity contribution in [2.75, 3.05) is 26.4 Å². The van der Waals surface area contributed by atoms with Gasteiger partial charge in [-0.1, -0.05) is 11.6 Å². The molecular formula is C13H14ClF3N2O3. The maximum atomic E-state index is 12.3. The van der Waals surface area contributed by atoms with Crippen LogP contribution in [0.3, 0.4) is 0 Å². The number of halogens is 4. The zero-order valence-corrected chi connectivity index (χ0v) is 12.4. The molecule has 0 aliphatic carbocycles. The summed E-state index contributed by atoms with van der Waals surface area (Å²) in [4.78, 5) is 17.6. The second-order valence-corrected chi connectivity index (χ2v) is 5.24. The quantitative estimate of drug-likeness (QED) is 0.850. The van der Waals surface area contributed by atoms with E-state index >= 15 is 0 Å². The number of alkyl halides is 3. The number of carbonyl (C=O) groups is 1. The van der Waals surface area contributed by atoms with Gasteiger partial charge in [0.25, 0.3) is 5.91 Å². The molecule has 1 aliphatic heterocycles. The molecule has 0 saturated carbocycles. The van der Waals surface area contributed by atoms with Crippen molar-refractivity contribution in [1.82, 2.24) is 9.88 Å². The highest BCUT2D eigenvalue weighted by atomic mass is 35.5. The number of aromatic nitrogens is 1. The summed E-state index contributed by atoms with van der Waals surface area (Å²) in [5.74, 6) is -0.655. The Balaban J connectivity index is 2.09. The van der Waals surface area contributed by atoms with Crippen LogP contribution in [0.5, 0.6) is 5.88 Å². The Kier molecular flexibility index (Phi) is 5.12. The molecule has 0 N–H and O–H groups in total. The zero-order chi connectivity index (χ0) is 16.3. The van der Waals surface area contributed by atoms with Gasteiger partial charge in [-0.2, -0.15) is 13.2 Å². The fraction of sp³-hybridized carbons (Fsp3) is 0.538. The first-order valence-electron chi connectivity index (χ1n) is 6.52. The highest BCUT2D eigenvalue weighted by Gasteiger charge is 2.30. The number of amides is 1. The first-order valence-corrected chi connectivity index (χ1v) is 6.89. The van der Waals surface area contributed by atoms with Crippen molar-refractivity contribution >= 4 is 17.5 Å². The molecule has 1 amide bonds. The van der Waals surface area contributed by atoms with Crippen LogP contribution in [0, 0.1) is 0 Å². The molecule has 1 aliphatic rings. The molecule has 122 valence electrons. The Bertz CT molecular complexity index is 554. The van der Waals surface area contributed by atoms with Crippen molar-refractivity contribution in [3.63, 3.8) is 0 Å². The van der Waals surface area contributed by atoms with Gasteiger partial charge in [-0.3, -0.25) is 4.79 Å². The third-order valence-corrected chi connectivity index (χ3v) is 3.33. The number of carbonyl (C=O) groups excluding carboxylic acids is 1. The van der Waals surface area contributed by atoms with Gasteiger partial charge in [0.05, 0.1) is 24.8 Å². The Hall–Kier alpha value is -1.54. The third-order valence-electron chi connectivity index (χ3n) is 3.06. The highest BCUT2D eigenvalue weighted by Crippen LogP contribution is 2.25. The number of nitrogens with zero attached hydrogens (tertiary/aromatic N) is 2. The molecule has 1 aromatic heterocycles. The molecule has 2 rings (SSSR count). The van der Waals surface area contributed by atoms with Crippen LogP contribution in [0.2, 0.25) is 5.02 Å². The lowest BCUT2D eigenvalue weighted by Crippen LogP contribution is -2.47. The van der Waals surface area contributed by atoms with E-state index in [1.807, 2.05) is 6.92 Å². The van der Waals surface area contributed by atoms with Crippen LogP contribution >= 0.6 is 11.6 Å². The van der Waals surface area contributed by atoms with Gasteiger partial charge in [-0.15, -0.1) is 0 Å². The number of rotatable bonds is 3. The summed E-state index contributed by atoms with van der Waals surface area (Å²) >= 11 is 5.83. The number of pyridine rings is 1. The molecule has 1 saturated heterocycles. The summed E-state index contributed by atoms with van der Waals surface area (Å²) in [5.41, 5.74) is 0.193. The number of hydrogen-bond donors (Lipinski definition) is 0. The predicted molar refractivity (Wildman–Crippen MR) is 72.1 cm³/mol. The summed E-state index contributed by atoms with van der Waals surface area (Å²) in [5, 5.41) is -0.143. The molecule has 1 aromatic rings. The number of morpholine rings is 1. The predicted octanol–water partition coefficient (Wildman–Crippen LogP) is 2.54. The lowest BCUT2D eigenvalue weighted by atomic mass is 10.2. The van der Waals surface area contributed by atoms with Crippen LogP contribution in [-0.2, 0) is 4.74 Å². The maximum absolute atomic E-state index is 12.3. The molecule has 9 heteroatoms. The minimum absolute atomic E-state index is 0.0961. The van der Waals surface area contributed by atoms with Crippen molar-refractivity contribution < 1.29 is 27.4 Å². The van der Waals surface area contributed by atoms with Crippen LogP contribution in [-0.4, -0.2) is 54.4 Å². The fourth-order valence-corrected chi connectivity index (χ4v) is 2.21. The van der Waals surface area contributed by atoms with E-state index in [1.165, 1.54) is 6.07 Å². The Morgan fingerprint density at radius 2 is 2.32 bits per heavy atom. The monoisotopic (exact) mass is 338 g/mol. The second-order valence-electron chi connectivity index (χ2n) is 4.84.